The molecule has 23 heavy (non-hydrogen) atoms. The third-order valence-electron chi connectivity index (χ3n) is 4.77. The van der Waals surface area contributed by atoms with Crippen LogP contribution in [0, 0.1) is 11.3 Å². The Morgan fingerprint density at radius 3 is 2.70 bits per heavy atom. The molecule has 0 spiro atoms. The van der Waals surface area contributed by atoms with Crippen molar-refractivity contribution >= 4 is 0 Å². The van der Waals surface area contributed by atoms with Gasteiger partial charge in [0.15, 0.2) is 0 Å². The van der Waals surface area contributed by atoms with Crippen LogP contribution in [0.15, 0.2) is 36.9 Å². The second-order valence-electron chi connectivity index (χ2n) is 6.54. The molecule has 1 aliphatic heterocycles. The fourth-order valence-corrected chi connectivity index (χ4v) is 3.27. The fourth-order valence-electron chi connectivity index (χ4n) is 3.27. The molecule has 0 unspecified atom stereocenters. The number of hydrogen-bond donors (Lipinski definition) is 0. The molecule has 1 fully saturated rings. The lowest BCUT2D eigenvalue weighted by Crippen LogP contribution is -2.36. The Morgan fingerprint density at radius 2 is 2.00 bits per heavy atom. The highest BCUT2D eigenvalue weighted by Crippen LogP contribution is 2.14. The molecule has 0 aromatic heterocycles. The van der Waals surface area contributed by atoms with Gasteiger partial charge in [0.05, 0.1) is 11.6 Å². The number of benzene rings is 1. The first-order valence-electron chi connectivity index (χ1n) is 8.79. The first kappa shape index (κ1) is 17.7. The molecule has 1 atom stereocenters. The maximum Gasteiger partial charge on any atom is 0.0991 e. The van der Waals surface area contributed by atoms with E-state index in [4.69, 9.17) is 5.26 Å². The minimum Gasteiger partial charge on any atom is -0.299 e. The van der Waals surface area contributed by atoms with Crippen LogP contribution in [0.25, 0.3) is 0 Å². The fraction of sp³-hybridized carbons (Fsp3) is 0.550. The van der Waals surface area contributed by atoms with Crippen LogP contribution in [0.5, 0.6) is 0 Å². The molecule has 0 bridgehead atoms. The summed E-state index contributed by atoms with van der Waals surface area (Å²) >= 11 is 0. The SMILES string of the molecule is C=CCCC[C@@H](C)N1CCCN(Cc2ccc(C#N)cc2)CC1. The summed E-state index contributed by atoms with van der Waals surface area (Å²) in [6.45, 7) is 11.8. The number of nitriles is 1. The van der Waals surface area contributed by atoms with Crippen molar-refractivity contribution in [2.75, 3.05) is 26.2 Å². The molecule has 0 N–H and O–H groups in total. The lowest BCUT2D eigenvalue weighted by molar-refractivity contribution is 0.197. The molecule has 1 heterocycles. The Kier molecular flexibility index (Phi) is 7.32. The first-order valence-corrected chi connectivity index (χ1v) is 8.79. The van der Waals surface area contributed by atoms with Crippen LogP contribution in [0.3, 0.4) is 0 Å². The number of nitrogens with zero attached hydrogens (tertiary/aromatic N) is 3. The number of unbranched alkanes of at least 4 members (excludes halogenated alkanes) is 1. The molecule has 3 nitrogen and oxygen atoms in total. The van der Waals surface area contributed by atoms with Gasteiger partial charge in [-0.1, -0.05) is 18.2 Å². The maximum absolute atomic E-state index is 8.87. The molecule has 1 aromatic carbocycles. The van der Waals surface area contributed by atoms with E-state index in [1.807, 2.05) is 18.2 Å². The van der Waals surface area contributed by atoms with Crippen LogP contribution in [0.1, 0.15) is 43.7 Å². The highest BCUT2D eigenvalue weighted by Gasteiger charge is 2.18. The molecule has 1 saturated heterocycles. The van der Waals surface area contributed by atoms with Crippen LogP contribution in [0.4, 0.5) is 0 Å². The zero-order chi connectivity index (χ0) is 16.5. The van der Waals surface area contributed by atoms with Crippen molar-refractivity contribution in [1.29, 1.82) is 5.26 Å². The summed E-state index contributed by atoms with van der Waals surface area (Å²) in [6.07, 6.45) is 6.90. The number of rotatable bonds is 7. The lowest BCUT2D eigenvalue weighted by Gasteiger charge is -2.27. The minimum atomic E-state index is 0.671. The van der Waals surface area contributed by atoms with Crippen molar-refractivity contribution in [2.24, 2.45) is 0 Å². The van der Waals surface area contributed by atoms with Gasteiger partial charge in [-0.05, 0) is 63.4 Å². The van der Waals surface area contributed by atoms with Crippen molar-refractivity contribution in [2.45, 2.75) is 45.2 Å². The predicted molar refractivity (Wildman–Crippen MR) is 96.1 cm³/mol. The van der Waals surface area contributed by atoms with Crippen LogP contribution < -0.4 is 0 Å². The van der Waals surface area contributed by atoms with Gasteiger partial charge in [-0.2, -0.15) is 5.26 Å². The molecule has 1 aliphatic rings. The quantitative estimate of drug-likeness (QED) is 0.566. The van der Waals surface area contributed by atoms with Gasteiger partial charge >= 0.3 is 0 Å². The third kappa shape index (κ3) is 5.82. The Hall–Kier alpha value is -1.63. The van der Waals surface area contributed by atoms with E-state index in [9.17, 15) is 0 Å². The van der Waals surface area contributed by atoms with E-state index in [1.165, 1.54) is 31.4 Å². The van der Waals surface area contributed by atoms with E-state index in [0.717, 1.165) is 38.2 Å². The first-order chi connectivity index (χ1) is 11.2. The standard InChI is InChI=1S/C20H29N3/c1-3-4-5-7-18(2)23-13-6-12-22(14-15-23)17-20-10-8-19(16-21)9-11-20/h3,8-11,18H,1,4-7,12-15,17H2,2H3/t18-/m1/s1. The molecule has 0 aliphatic carbocycles. The van der Waals surface area contributed by atoms with E-state index in [2.05, 4.69) is 41.5 Å². The average Bonchev–Trinajstić information content (AvgIpc) is 2.81. The molecular formula is C20H29N3. The van der Waals surface area contributed by atoms with Crippen molar-refractivity contribution in [3.05, 3.63) is 48.0 Å². The van der Waals surface area contributed by atoms with Crippen LogP contribution >= 0.6 is 0 Å². The topological polar surface area (TPSA) is 30.3 Å². The van der Waals surface area contributed by atoms with Gasteiger partial charge in [-0.3, -0.25) is 9.80 Å². The van der Waals surface area contributed by atoms with Crippen molar-refractivity contribution in [3.63, 3.8) is 0 Å². The Labute approximate surface area is 141 Å². The van der Waals surface area contributed by atoms with Crippen molar-refractivity contribution < 1.29 is 0 Å². The molecule has 2 rings (SSSR count). The second kappa shape index (κ2) is 9.50. The third-order valence-corrected chi connectivity index (χ3v) is 4.77. The summed E-state index contributed by atoms with van der Waals surface area (Å²) in [5.74, 6) is 0. The van der Waals surface area contributed by atoms with Gasteiger partial charge in [0, 0.05) is 25.7 Å². The van der Waals surface area contributed by atoms with Crippen molar-refractivity contribution in [1.82, 2.24) is 9.80 Å². The smallest absolute Gasteiger partial charge is 0.0991 e. The van der Waals surface area contributed by atoms with E-state index >= 15 is 0 Å². The van der Waals surface area contributed by atoms with Gasteiger partial charge < -0.3 is 0 Å². The molecule has 0 saturated carbocycles. The Morgan fingerprint density at radius 1 is 1.22 bits per heavy atom. The highest BCUT2D eigenvalue weighted by atomic mass is 15.2. The van der Waals surface area contributed by atoms with Crippen LogP contribution in [-0.2, 0) is 6.54 Å². The summed E-state index contributed by atoms with van der Waals surface area (Å²) < 4.78 is 0. The Balaban J connectivity index is 1.80. The highest BCUT2D eigenvalue weighted by molar-refractivity contribution is 5.31. The molecule has 1 aromatic rings. The van der Waals surface area contributed by atoms with E-state index in [-0.39, 0.29) is 0 Å². The van der Waals surface area contributed by atoms with E-state index in [0.29, 0.717) is 6.04 Å². The van der Waals surface area contributed by atoms with Gasteiger partial charge in [0.2, 0.25) is 0 Å². The lowest BCUT2D eigenvalue weighted by atomic mass is 10.1. The van der Waals surface area contributed by atoms with Crippen LogP contribution in [-0.4, -0.2) is 42.0 Å². The Bertz CT molecular complexity index is 515. The molecule has 0 radical (unpaired) electrons. The summed E-state index contributed by atoms with van der Waals surface area (Å²) in [5, 5.41) is 8.87. The van der Waals surface area contributed by atoms with Gasteiger partial charge in [0.1, 0.15) is 0 Å². The number of allylic oxidation sites excluding steroid dienone is 1. The zero-order valence-corrected chi connectivity index (χ0v) is 14.4. The van der Waals surface area contributed by atoms with Crippen LogP contribution in [0.2, 0.25) is 0 Å². The molecule has 124 valence electrons. The largest absolute Gasteiger partial charge is 0.299 e. The van der Waals surface area contributed by atoms with Gasteiger partial charge in [0.25, 0.3) is 0 Å². The maximum atomic E-state index is 8.87. The minimum absolute atomic E-state index is 0.671. The molecule has 0 amide bonds. The van der Waals surface area contributed by atoms with Gasteiger partial charge in [-0.25, -0.2) is 0 Å². The monoisotopic (exact) mass is 311 g/mol. The summed E-state index contributed by atoms with van der Waals surface area (Å²) in [7, 11) is 0. The zero-order valence-electron chi connectivity index (χ0n) is 14.4. The number of hydrogen-bond acceptors (Lipinski definition) is 3. The summed E-state index contributed by atoms with van der Waals surface area (Å²) in [6, 6.07) is 10.9. The average molecular weight is 311 g/mol. The van der Waals surface area contributed by atoms with Gasteiger partial charge in [-0.15, -0.1) is 6.58 Å². The normalized spacial score (nSPS) is 18.1. The summed E-state index contributed by atoms with van der Waals surface area (Å²) in [5.41, 5.74) is 2.04. The van der Waals surface area contributed by atoms with E-state index < -0.39 is 0 Å². The van der Waals surface area contributed by atoms with E-state index in [1.54, 1.807) is 0 Å². The molecular weight excluding hydrogens is 282 g/mol. The van der Waals surface area contributed by atoms with Crippen molar-refractivity contribution in [3.8, 4) is 6.07 Å². The second-order valence-corrected chi connectivity index (χ2v) is 6.54. The molecule has 3 heteroatoms. The summed E-state index contributed by atoms with van der Waals surface area (Å²) in [4.78, 5) is 5.18. The predicted octanol–water partition coefficient (Wildman–Crippen LogP) is 3.81.